The molecule has 3 heterocycles. The van der Waals surface area contributed by atoms with Gasteiger partial charge in [-0.15, -0.1) is 5.01 Å². The summed E-state index contributed by atoms with van der Waals surface area (Å²) >= 11 is 1.78. The Kier molecular flexibility index (Phi) is 2.54. The van der Waals surface area contributed by atoms with Crippen molar-refractivity contribution >= 4 is 29.1 Å². The number of benzene rings is 1. The van der Waals surface area contributed by atoms with Crippen LogP contribution in [0.4, 0.5) is 5.69 Å². The second-order valence-electron chi connectivity index (χ2n) is 6.77. The van der Waals surface area contributed by atoms with Crippen LogP contribution in [0.15, 0.2) is 35.4 Å². The topological polar surface area (TPSA) is 6.25 Å². The van der Waals surface area contributed by atoms with E-state index in [9.17, 15) is 0 Å². The van der Waals surface area contributed by atoms with Gasteiger partial charge in [0, 0.05) is 24.3 Å². The van der Waals surface area contributed by atoms with Gasteiger partial charge < -0.3 is 0 Å². The lowest BCUT2D eigenvalue weighted by Gasteiger charge is -2.50. The molecule has 3 aliphatic heterocycles. The molecule has 0 N–H and O–H groups in total. The summed E-state index contributed by atoms with van der Waals surface area (Å²) in [4.78, 5) is 0. The van der Waals surface area contributed by atoms with Gasteiger partial charge in [0.15, 0.2) is 5.54 Å². The first kappa shape index (κ1) is 13.2. The van der Waals surface area contributed by atoms with Crippen LogP contribution in [0.3, 0.4) is 0 Å². The minimum atomic E-state index is 0.0658. The fraction of sp³-hybridized carbons (Fsp3) is 0.389. The third kappa shape index (κ3) is 1.43. The van der Waals surface area contributed by atoms with Gasteiger partial charge in [0.25, 0.3) is 0 Å². The molecule has 0 saturated carbocycles. The molecule has 1 unspecified atom stereocenters. The number of hydrogen-bond donors (Lipinski definition) is 0. The first-order chi connectivity index (χ1) is 10.0. The van der Waals surface area contributed by atoms with Gasteiger partial charge in [-0.2, -0.15) is 0 Å². The largest absolute Gasteiger partial charge is 0.233 e. The summed E-state index contributed by atoms with van der Waals surface area (Å²) < 4.78 is 2.46. The summed E-state index contributed by atoms with van der Waals surface area (Å²) in [6.45, 7) is 9.46. The summed E-state index contributed by atoms with van der Waals surface area (Å²) in [5.74, 6) is 0. The molecule has 1 aromatic carbocycles. The second-order valence-corrected chi connectivity index (χ2v) is 7.49. The van der Waals surface area contributed by atoms with E-state index in [1.54, 1.807) is 11.8 Å². The third-order valence-corrected chi connectivity index (χ3v) is 6.44. The minimum absolute atomic E-state index is 0.0658. The Bertz CT molecular complexity index is 727. The Morgan fingerprint density at radius 3 is 2.76 bits per heavy atom. The van der Waals surface area contributed by atoms with Gasteiger partial charge >= 0.3 is 0 Å². The highest BCUT2D eigenvalue weighted by molar-refractivity contribution is 8.14. The first-order valence-corrected chi connectivity index (χ1v) is 8.55. The molecular weight excluding hydrogens is 276 g/mol. The summed E-state index contributed by atoms with van der Waals surface area (Å²) in [5.41, 5.74) is 7.84. The minimum Gasteiger partial charge on any atom is -0.119 e. The SMILES string of the molecule is CCC1(C)[N+]2=CSC=C3C=Cc4cccc(c4N32)C1(C)C. The lowest BCUT2D eigenvalue weighted by molar-refractivity contribution is -0.622. The van der Waals surface area contributed by atoms with E-state index in [1.165, 1.54) is 22.5 Å². The van der Waals surface area contributed by atoms with E-state index >= 15 is 0 Å². The van der Waals surface area contributed by atoms with E-state index in [0.717, 1.165) is 6.42 Å². The third-order valence-electron chi connectivity index (χ3n) is 5.74. The molecule has 0 fully saturated rings. The van der Waals surface area contributed by atoms with E-state index in [1.807, 2.05) is 0 Å². The predicted molar refractivity (Wildman–Crippen MR) is 91.7 cm³/mol. The maximum absolute atomic E-state index is 2.46. The molecule has 21 heavy (non-hydrogen) atoms. The zero-order chi connectivity index (χ0) is 14.8. The van der Waals surface area contributed by atoms with Crippen molar-refractivity contribution in [2.75, 3.05) is 5.01 Å². The van der Waals surface area contributed by atoms with Crippen molar-refractivity contribution in [2.45, 2.75) is 45.1 Å². The molecule has 0 saturated heterocycles. The van der Waals surface area contributed by atoms with Crippen LogP contribution in [0.2, 0.25) is 0 Å². The zero-order valence-corrected chi connectivity index (χ0v) is 13.9. The number of para-hydroxylation sites is 1. The van der Waals surface area contributed by atoms with Gasteiger partial charge in [0.05, 0.1) is 5.41 Å². The van der Waals surface area contributed by atoms with E-state index in [0.29, 0.717) is 0 Å². The monoisotopic (exact) mass is 297 g/mol. The molecule has 0 aromatic heterocycles. The van der Waals surface area contributed by atoms with Gasteiger partial charge in [0.1, 0.15) is 11.4 Å². The van der Waals surface area contributed by atoms with Gasteiger partial charge in [-0.25, -0.2) is 0 Å². The quantitative estimate of drug-likeness (QED) is 0.703. The number of nitrogens with zero attached hydrogens (tertiary/aromatic N) is 2. The van der Waals surface area contributed by atoms with Crippen LogP contribution in [-0.2, 0) is 5.41 Å². The van der Waals surface area contributed by atoms with Crippen LogP contribution in [-0.4, -0.2) is 15.8 Å². The summed E-state index contributed by atoms with van der Waals surface area (Å²) in [5, 5.41) is 4.65. The van der Waals surface area contributed by atoms with Gasteiger partial charge in [-0.05, 0) is 37.2 Å². The molecule has 3 aliphatic rings. The summed E-state index contributed by atoms with van der Waals surface area (Å²) in [6.07, 6.45) is 5.58. The number of thioether (sulfide) groups is 1. The van der Waals surface area contributed by atoms with Crippen molar-refractivity contribution in [3.05, 3.63) is 46.5 Å². The molecule has 0 bridgehead atoms. The molecule has 4 rings (SSSR count). The van der Waals surface area contributed by atoms with Crippen LogP contribution >= 0.6 is 11.8 Å². The van der Waals surface area contributed by atoms with Crippen molar-refractivity contribution in [1.29, 1.82) is 0 Å². The highest BCUT2D eigenvalue weighted by atomic mass is 32.2. The molecule has 0 aliphatic carbocycles. The van der Waals surface area contributed by atoms with Crippen molar-refractivity contribution < 1.29 is 4.68 Å². The molecular formula is C18H21N2S+. The van der Waals surface area contributed by atoms with E-state index in [2.05, 4.69) is 78.7 Å². The number of hydrazine groups is 1. The Morgan fingerprint density at radius 1 is 1.19 bits per heavy atom. The Balaban J connectivity index is 2.12. The first-order valence-electron chi connectivity index (χ1n) is 7.60. The molecule has 3 heteroatoms. The molecule has 0 spiro atoms. The predicted octanol–water partition coefficient (Wildman–Crippen LogP) is 4.52. The van der Waals surface area contributed by atoms with Gasteiger partial charge in [0.2, 0.25) is 5.55 Å². The van der Waals surface area contributed by atoms with Gasteiger partial charge in [-0.3, -0.25) is 0 Å². The van der Waals surface area contributed by atoms with Crippen LogP contribution in [0.1, 0.15) is 45.2 Å². The molecule has 2 nitrogen and oxygen atoms in total. The second kappa shape index (κ2) is 4.04. The average Bonchev–Trinajstić information content (AvgIpc) is 2.51. The summed E-state index contributed by atoms with van der Waals surface area (Å²) in [7, 11) is 0. The average molecular weight is 297 g/mol. The van der Waals surface area contributed by atoms with E-state index < -0.39 is 0 Å². The van der Waals surface area contributed by atoms with Crippen LogP contribution in [0.25, 0.3) is 6.08 Å². The number of rotatable bonds is 1. The fourth-order valence-electron chi connectivity index (χ4n) is 3.86. The van der Waals surface area contributed by atoms with Crippen molar-refractivity contribution in [1.82, 2.24) is 0 Å². The molecule has 0 radical (unpaired) electrons. The maximum atomic E-state index is 2.46. The van der Waals surface area contributed by atoms with Crippen LogP contribution < -0.4 is 5.01 Å². The van der Waals surface area contributed by atoms with Crippen LogP contribution in [0, 0.1) is 0 Å². The number of hydrazone groups is 1. The van der Waals surface area contributed by atoms with Crippen molar-refractivity contribution in [3.8, 4) is 0 Å². The number of anilines is 1. The lowest BCUT2D eigenvalue weighted by atomic mass is 9.65. The van der Waals surface area contributed by atoms with Crippen molar-refractivity contribution in [3.63, 3.8) is 0 Å². The normalized spacial score (nSPS) is 27.9. The lowest BCUT2D eigenvalue weighted by Crippen LogP contribution is -2.63. The molecule has 1 aromatic rings. The Morgan fingerprint density at radius 2 is 2.00 bits per heavy atom. The van der Waals surface area contributed by atoms with Crippen LogP contribution in [0.5, 0.6) is 0 Å². The molecule has 108 valence electrons. The fourth-order valence-corrected chi connectivity index (χ4v) is 4.68. The maximum Gasteiger partial charge on any atom is 0.233 e. The Labute approximate surface area is 130 Å². The van der Waals surface area contributed by atoms with Crippen molar-refractivity contribution in [2.24, 2.45) is 0 Å². The van der Waals surface area contributed by atoms with Gasteiger partial charge in [-0.1, -0.05) is 35.9 Å². The van der Waals surface area contributed by atoms with E-state index in [4.69, 9.17) is 0 Å². The summed E-state index contributed by atoms with van der Waals surface area (Å²) in [6, 6.07) is 6.72. The zero-order valence-electron chi connectivity index (χ0n) is 13.1. The highest BCUT2D eigenvalue weighted by Gasteiger charge is 2.59. The molecule has 0 amide bonds. The number of allylic oxidation sites excluding steroid dienone is 1. The highest BCUT2D eigenvalue weighted by Crippen LogP contribution is 2.53. The Hall–Kier alpha value is -1.48. The smallest absolute Gasteiger partial charge is 0.119 e. The number of hydrogen-bond acceptors (Lipinski definition) is 2. The molecule has 1 atom stereocenters. The standard InChI is InChI=1S/C18H21N2S/c1-5-18(4)17(2,3)15-8-6-7-13-9-10-14-11-21-12-19(18)20(14)16(13)15/h6-12H,5H2,1-4H3/q+1. The van der Waals surface area contributed by atoms with E-state index in [-0.39, 0.29) is 11.0 Å².